The van der Waals surface area contributed by atoms with E-state index in [4.69, 9.17) is 0 Å². The molecule has 0 radical (unpaired) electrons. The topological polar surface area (TPSA) is 0 Å². The van der Waals surface area contributed by atoms with Crippen molar-refractivity contribution in [2.45, 2.75) is 103 Å². The maximum absolute atomic E-state index is 2.37. The Balaban J connectivity index is 0.000000620. The van der Waals surface area contributed by atoms with Gasteiger partial charge in [-0.1, -0.05) is 35.9 Å². The summed E-state index contributed by atoms with van der Waals surface area (Å²) in [5.74, 6) is 0. The van der Waals surface area contributed by atoms with E-state index in [0.717, 1.165) is 0 Å². The summed E-state index contributed by atoms with van der Waals surface area (Å²) < 4.78 is 6.80. The molecule has 140 valence electrons. The van der Waals surface area contributed by atoms with Crippen LogP contribution in [-0.4, -0.2) is 0 Å². The fraction of sp³-hybridized carbons (Fsp3) is 0.739. The van der Waals surface area contributed by atoms with E-state index in [-0.39, 0.29) is 0 Å². The van der Waals surface area contributed by atoms with E-state index in [2.05, 4.69) is 46.8 Å². The van der Waals surface area contributed by atoms with Crippen LogP contribution in [0.15, 0.2) is 30.3 Å². The van der Waals surface area contributed by atoms with Gasteiger partial charge >= 0.3 is 116 Å². The molecule has 0 unspecified atom stereocenters. The number of hydrogen-bond donors (Lipinski definition) is 0. The predicted molar refractivity (Wildman–Crippen MR) is 110 cm³/mol. The Morgan fingerprint density at radius 3 is 1.12 bits per heavy atom. The van der Waals surface area contributed by atoms with Crippen molar-refractivity contribution in [1.29, 1.82) is 0 Å². The third-order valence-electron chi connectivity index (χ3n) is 5.18. The molecule has 1 aromatic carbocycles. The van der Waals surface area contributed by atoms with Gasteiger partial charge in [0.15, 0.2) is 0 Å². The van der Waals surface area contributed by atoms with Crippen LogP contribution in [-0.2, 0) is 20.3 Å². The third kappa shape index (κ3) is 12.5. The molecule has 0 aromatic heterocycles. The minimum atomic E-state index is -1.69. The van der Waals surface area contributed by atoms with Gasteiger partial charge in [-0.3, -0.25) is 0 Å². The maximum atomic E-state index is 2.37. The predicted octanol–water partition coefficient (Wildman–Crippen LogP) is 9.01. The summed E-state index contributed by atoms with van der Waals surface area (Å²) in [6, 6.07) is 10.3. The van der Waals surface area contributed by atoms with Crippen molar-refractivity contribution in [3.8, 4) is 0 Å². The normalized spacial score (nSPS) is 11.0. The van der Waals surface area contributed by atoms with Crippen molar-refractivity contribution in [2.75, 3.05) is 0 Å². The number of unbranched alkanes of at least 4 members (excludes halogenated alkanes) is 4. The van der Waals surface area contributed by atoms with Gasteiger partial charge in [0.05, 0.1) is 0 Å². The summed E-state index contributed by atoms with van der Waals surface area (Å²) in [6.45, 7) is 11.6. The molecule has 0 amide bonds. The van der Waals surface area contributed by atoms with Crippen LogP contribution in [0.1, 0.15) is 84.6 Å². The summed E-state index contributed by atoms with van der Waals surface area (Å²) >= 11 is -1.69. The standard InChI is InChI=1S/C7H8.4C4H9.Zr/c1-7-5-3-2-4-6-7;4*1-3-4-2;/h2-6H,1H3;4*1,3-4H2,2H3;. The smallest absolute Gasteiger partial charge is 0.0398 e. The molecule has 0 N–H and O–H groups in total. The molecule has 1 rings (SSSR count). The van der Waals surface area contributed by atoms with Gasteiger partial charge in [-0.2, -0.15) is 0 Å². The molecule has 0 nitrogen and oxygen atoms in total. The molecule has 1 heteroatoms. The van der Waals surface area contributed by atoms with Crippen molar-refractivity contribution in [3.63, 3.8) is 0 Å². The summed E-state index contributed by atoms with van der Waals surface area (Å²) in [7, 11) is 0. The molecule has 0 atom stereocenters. The molecule has 0 saturated heterocycles. The fourth-order valence-corrected chi connectivity index (χ4v) is 18.0. The van der Waals surface area contributed by atoms with Crippen molar-refractivity contribution in [1.82, 2.24) is 0 Å². The molecule has 0 fully saturated rings. The minimum absolute atomic E-state index is 1.32. The van der Waals surface area contributed by atoms with Gasteiger partial charge in [0.2, 0.25) is 0 Å². The van der Waals surface area contributed by atoms with E-state index in [1.54, 1.807) is 16.5 Å². The van der Waals surface area contributed by atoms with E-state index in [1.165, 1.54) is 56.9 Å². The van der Waals surface area contributed by atoms with Crippen LogP contribution in [0.5, 0.6) is 0 Å². The second-order valence-corrected chi connectivity index (χ2v) is 19.9. The molecule has 0 heterocycles. The van der Waals surface area contributed by atoms with Gasteiger partial charge in [-0.15, -0.1) is 0 Å². The third-order valence-corrected chi connectivity index (χ3v) is 19.1. The Morgan fingerprint density at radius 2 is 0.917 bits per heavy atom. The van der Waals surface area contributed by atoms with Gasteiger partial charge in [0.1, 0.15) is 0 Å². The van der Waals surface area contributed by atoms with Gasteiger partial charge in [0.25, 0.3) is 0 Å². The van der Waals surface area contributed by atoms with E-state index < -0.39 is 20.3 Å². The number of benzene rings is 1. The molecule has 0 spiro atoms. The van der Waals surface area contributed by atoms with Gasteiger partial charge < -0.3 is 0 Å². The van der Waals surface area contributed by atoms with E-state index >= 15 is 0 Å². The van der Waals surface area contributed by atoms with E-state index in [0.29, 0.717) is 0 Å². The largest absolute Gasteiger partial charge is 0.0622 e. The van der Waals surface area contributed by atoms with Crippen molar-refractivity contribution < 1.29 is 20.3 Å². The second-order valence-electron chi connectivity index (χ2n) is 7.57. The molecule has 1 aromatic rings. The Morgan fingerprint density at radius 1 is 0.583 bits per heavy atom. The summed E-state index contributed by atoms with van der Waals surface area (Å²) in [5, 5.41) is 0. The second kappa shape index (κ2) is 16.6. The molecule has 0 aliphatic carbocycles. The van der Waals surface area contributed by atoms with Crippen molar-refractivity contribution >= 4 is 0 Å². The Kier molecular flexibility index (Phi) is 16.6. The summed E-state index contributed by atoms with van der Waals surface area (Å²) in [5.41, 5.74) is 1.32. The molecular formula is C23H44Zr. The molecular weight excluding hydrogens is 367 g/mol. The molecule has 0 aliphatic rings. The average Bonchev–Trinajstić information content (AvgIpc) is 2.62. The number of hydrogen-bond acceptors (Lipinski definition) is 0. The zero-order chi connectivity index (χ0) is 18.1. The Labute approximate surface area is 158 Å². The number of rotatable bonds is 12. The van der Waals surface area contributed by atoms with Crippen LogP contribution in [0.3, 0.4) is 0 Å². The zero-order valence-corrected chi connectivity index (χ0v) is 19.8. The Bertz CT molecular complexity index is 320. The number of aryl methyl sites for hydroxylation is 1. The SMILES string of the molecule is CCC[CH2][Zr]([CH2]CCC)([CH2]CCC)[CH2]CCC.Cc1ccccc1. The van der Waals surface area contributed by atoms with Crippen LogP contribution >= 0.6 is 0 Å². The first-order chi connectivity index (χ1) is 11.6. The monoisotopic (exact) mass is 410 g/mol. The molecule has 0 saturated carbocycles. The first kappa shape index (κ1) is 24.1. The molecule has 0 aliphatic heterocycles. The van der Waals surface area contributed by atoms with Gasteiger partial charge in [0, 0.05) is 0 Å². The molecule has 24 heavy (non-hydrogen) atoms. The minimum Gasteiger partial charge on any atom is -0.0622 e. The van der Waals surface area contributed by atoms with E-state index in [9.17, 15) is 0 Å². The first-order valence-corrected chi connectivity index (χ1v) is 17.6. The summed E-state index contributed by atoms with van der Waals surface area (Å²) in [4.78, 5) is 0. The maximum Gasteiger partial charge on any atom is -0.0398 e. The average molecular weight is 412 g/mol. The fourth-order valence-electron chi connectivity index (χ4n) is 3.49. The van der Waals surface area contributed by atoms with Crippen molar-refractivity contribution in [3.05, 3.63) is 35.9 Å². The van der Waals surface area contributed by atoms with Crippen LogP contribution in [0.2, 0.25) is 16.5 Å². The van der Waals surface area contributed by atoms with Gasteiger partial charge in [-0.05, 0) is 6.92 Å². The van der Waals surface area contributed by atoms with Crippen LogP contribution in [0, 0.1) is 6.92 Å². The Hall–Kier alpha value is 0.103. The van der Waals surface area contributed by atoms with Crippen LogP contribution in [0.4, 0.5) is 0 Å². The zero-order valence-electron chi connectivity index (χ0n) is 17.4. The summed E-state index contributed by atoms with van der Waals surface area (Å²) in [6.07, 6.45) is 11.8. The quantitative estimate of drug-likeness (QED) is 0.322. The van der Waals surface area contributed by atoms with Crippen molar-refractivity contribution in [2.24, 2.45) is 0 Å². The van der Waals surface area contributed by atoms with E-state index in [1.807, 2.05) is 18.2 Å². The van der Waals surface area contributed by atoms with Crippen LogP contribution < -0.4 is 0 Å². The first-order valence-electron chi connectivity index (χ1n) is 10.7. The van der Waals surface area contributed by atoms with Crippen LogP contribution in [0.25, 0.3) is 0 Å². The molecule has 0 bridgehead atoms. The van der Waals surface area contributed by atoms with Gasteiger partial charge in [-0.25, -0.2) is 0 Å².